The molecule has 3 heterocycles. The van der Waals surface area contributed by atoms with Gasteiger partial charge in [-0.25, -0.2) is 0 Å². The number of nitrogen functional groups attached to an aromatic ring is 1. The molecule has 2 atom stereocenters. The Bertz CT molecular complexity index is 2480. The third-order valence-corrected chi connectivity index (χ3v) is 14.1. The molecule has 0 saturated carbocycles. The summed E-state index contributed by atoms with van der Waals surface area (Å²) in [5.74, 6) is 1.61. The number of ether oxygens (including phenoxy) is 4. The molecule has 3 aliphatic heterocycles. The van der Waals surface area contributed by atoms with Crippen molar-refractivity contribution in [2.75, 3.05) is 66.4 Å². The molecule has 5 aromatic carbocycles. The zero-order chi connectivity index (χ0) is 43.0. The van der Waals surface area contributed by atoms with E-state index in [4.69, 9.17) is 24.7 Å². The molecule has 1 unspecified atom stereocenters. The maximum absolute atomic E-state index is 14.0. The van der Waals surface area contributed by atoms with Gasteiger partial charge in [-0.15, -0.1) is 0 Å². The number of rotatable bonds is 14. The van der Waals surface area contributed by atoms with E-state index in [-0.39, 0.29) is 41.9 Å². The Morgan fingerprint density at radius 1 is 0.852 bits per heavy atom. The number of benzene rings is 5. The fraction of sp³-hybridized carbons (Fsp3) is 0.333. The maximum atomic E-state index is 14.0. The van der Waals surface area contributed by atoms with Gasteiger partial charge in [0.25, 0.3) is 11.8 Å². The first kappa shape index (κ1) is 42.0. The lowest BCUT2D eigenvalue weighted by molar-refractivity contribution is 0.0974. The number of nitrogens with zero attached hydrogens (tertiary/aromatic N) is 3. The fourth-order valence-corrected chi connectivity index (χ4v) is 11.0. The molecule has 0 aliphatic carbocycles. The van der Waals surface area contributed by atoms with E-state index in [2.05, 4.69) is 67.7 Å². The van der Waals surface area contributed by atoms with E-state index >= 15 is 0 Å². The van der Waals surface area contributed by atoms with Gasteiger partial charge in [0.05, 0.1) is 37.1 Å². The van der Waals surface area contributed by atoms with Gasteiger partial charge in [-0.2, -0.15) is 0 Å². The van der Waals surface area contributed by atoms with Crippen molar-refractivity contribution >= 4 is 61.8 Å². The number of carbonyl (C=O) groups is 2. The first-order chi connectivity index (χ1) is 29.4. The smallest absolute Gasteiger partial charge is 0.260 e. The van der Waals surface area contributed by atoms with Gasteiger partial charge in [-0.1, -0.05) is 58.0 Å². The average Bonchev–Trinajstić information content (AvgIpc) is 3.75. The van der Waals surface area contributed by atoms with E-state index in [1.807, 2.05) is 70.0 Å². The SMILES string of the molecule is COc1cc(C(=O)N2c3ccccc3CC2C)c(N)cc1OCc1cc(COc2cc3c(cc2OC)C(=O)N2c4ccccc4C[C@H]2CN3)cc(N(C)CC(C)(C)SSC)c1. The van der Waals surface area contributed by atoms with Crippen molar-refractivity contribution in [3.63, 3.8) is 0 Å². The summed E-state index contributed by atoms with van der Waals surface area (Å²) in [5, 5.41) is 3.53. The van der Waals surface area contributed by atoms with Gasteiger partial charge in [0.2, 0.25) is 0 Å². The third-order valence-electron chi connectivity index (χ3n) is 11.5. The summed E-state index contributed by atoms with van der Waals surface area (Å²) in [6, 6.07) is 29.4. The molecule has 0 radical (unpaired) electrons. The Morgan fingerprint density at radius 2 is 1.48 bits per heavy atom. The zero-order valence-corrected chi connectivity index (χ0v) is 37.4. The van der Waals surface area contributed by atoms with Crippen LogP contribution in [0.3, 0.4) is 0 Å². The maximum Gasteiger partial charge on any atom is 0.260 e. The molecule has 0 bridgehead atoms. The van der Waals surface area contributed by atoms with Gasteiger partial charge >= 0.3 is 0 Å². The number of fused-ring (bicyclic) bond motifs is 5. The molecule has 3 N–H and O–H groups in total. The second-order valence-corrected chi connectivity index (χ2v) is 19.6. The molecule has 0 aromatic heterocycles. The van der Waals surface area contributed by atoms with Crippen LogP contribution in [0.25, 0.3) is 0 Å². The largest absolute Gasteiger partial charge is 0.493 e. The number of nitrogens with two attached hydrogens (primary N) is 1. The van der Waals surface area contributed by atoms with E-state index in [1.54, 1.807) is 43.2 Å². The molecule has 8 rings (SSSR count). The highest BCUT2D eigenvalue weighted by atomic mass is 33.1. The van der Waals surface area contributed by atoms with Crippen molar-refractivity contribution < 1.29 is 28.5 Å². The topological polar surface area (TPSA) is 119 Å². The van der Waals surface area contributed by atoms with Crippen LogP contribution in [0.1, 0.15) is 63.7 Å². The fourth-order valence-electron chi connectivity index (χ4n) is 8.82. The predicted octanol–water partition coefficient (Wildman–Crippen LogP) is 9.26. The molecular formula is C48H53N5O6S2. The Balaban J connectivity index is 1.05. The van der Waals surface area contributed by atoms with Crippen LogP contribution in [0, 0.1) is 0 Å². The van der Waals surface area contributed by atoms with E-state index < -0.39 is 0 Å². The minimum Gasteiger partial charge on any atom is -0.493 e. The van der Waals surface area contributed by atoms with Crippen LogP contribution < -0.4 is 44.7 Å². The van der Waals surface area contributed by atoms with Crippen LogP contribution >= 0.6 is 21.6 Å². The number of carbonyl (C=O) groups excluding carboxylic acids is 2. The van der Waals surface area contributed by atoms with Crippen molar-refractivity contribution in [3.05, 3.63) is 124 Å². The van der Waals surface area contributed by atoms with E-state index in [9.17, 15) is 9.59 Å². The van der Waals surface area contributed by atoms with Crippen molar-refractivity contribution in [2.45, 2.75) is 63.7 Å². The molecule has 11 nitrogen and oxygen atoms in total. The van der Waals surface area contributed by atoms with Gasteiger partial charge in [0.15, 0.2) is 23.0 Å². The van der Waals surface area contributed by atoms with Crippen LogP contribution in [0.2, 0.25) is 0 Å². The molecule has 2 amide bonds. The van der Waals surface area contributed by atoms with Crippen molar-refractivity contribution in [3.8, 4) is 23.0 Å². The number of para-hydroxylation sites is 2. The number of nitrogens with one attached hydrogen (secondary N) is 1. The third kappa shape index (κ3) is 8.50. The zero-order valence-electron chi connectivity index (χ0n) is 35.7. The summed E-state index contributed by atoms with van der Waals surface area (Å²) in [5.41, 5.74) is 15.5. The van der Waals surface area contributed by atoms with Crippen LogP contribution in [0.4, 0.5) is 28.4 Å². The number of methoxy groups -OCH3 is 2. The van der Waals surface area contributed by atoms with E-state index in [1.165, 1.54) is 5.56 Å². The highest BCUT2D eigenvalue weighted by Crippen LogP contribution is 2.42. The van der Waals surface area contributed by atoms with Gasteiger partial charge in [-0.3, -0.25) is 9.59 Å². The number of hydrogen-bond donors (Lipinski definition) is 2. The second kappa shape index (κ2) is 17.4. The molecule has 61 heavy (non-hydrogen) atoms. The molecule has 0 spiro atoms. The quantitative estimate of drug-likeness (QED) is 0.0822. The molecular weight excluding hydrogens is 807 g/mol. The van der Waals surface area contributed by atoms with Gasteiger partial charge in [-0.05, 0) is 105 Å². The lowest BCUT2D eigenvalue weighted by Crippen LogP contribution is -2.39. The highest BCUT2D eigenvalue weighted by molar-refractivity contribution is 8.77. The molecule has 0 fully saturated rings. The number of amides is 2. The van der Waals surface area contributed by atoms with Gasteiger partial charge in [0, 0.05) is 65.8 Å². The first-order valence-electron chi connectivity index (χ1n) is 20.5. The van der Waals surface area contributed by atoms with E-state index in [0.717, 1.165) is 53.1 Å². The number of hydrogen-bond acceptors (Lipinski definition) is 11. The summed E-state index contributed by atoms with van der Waals surface area (Å²) >= 11 is 0. The lowest BCUT2D eigenvalue weighted by Gasteiger charge is -2.31. The van der Waals surface area contributed by atoms with Gasteiger partial charge < -0.3 is 44.7 Å². The highest BCUT2D eigenvalue weighted by Gasteiger charge is 2.38. The summed E-state index contributed by atoms with van der Waals surface area (Å²) in [7, 11) is 8.83. The molecule has 3 aliphatic rings. The second-order valence-electron chi connectivity index (χ2n) is 16.5. The van der Waals surface area contributed by atoms with Crippen molar-refractivity contribution in [2.24, 2.45) is 0 Å². The molecule has 318 valence electrons. The Labute approximate surface area is 366 Å². The predicted molar refractivity (Wildman–Crippen MR) is 250 cm³/mol. The van der Waals surface area contributed by atoms with Crippen LogP contribution in [0.15, 0.2) is 91.0 Å². The summed E-state index contributed by atoms with van der Waals surface area (Å²) in [6.45, 7) is 8.36. The summed E-state index contributed by atoms with van der Waals surface area (Å²) < 4.78 is 24.5. The van der Waals surface area contributed by atoms with Crippen LogP contribution in [0.5, 0.6) is 23.0 Å². The average molecular weight is 860 g/mol. The van der Waals surface area contributed by atoms with Crippen molar-refractivity contribution in [1.82, 2.24) is 0 Å². The summed E-state index contributed by atoms with van der Waals surface area (Å²) in [4.78, 5) is 34.0. The normalized spacial score (nSPS) is 16.5. The summed E-state index contributed by atoms with van der Waals surface area (Å²) in [6.07, 6.45) is 3.68. The Hall–Kier alpha value is -5.66. The van der Waals surface area contributed by atoms with Crippen LogP contribution in [-0.2, 0) is 26.1 Å². The Kier molecular flexibility index (Phi) is 12.0. The monoisotopic (exact) mass is 859 g/mol. The minimum atomic E-state index is -0.178. The number of anilines is 5. The van der Waals surface area contributed by atoms with E-state index in [0.29, 0.717) is 52.0 Å². The minimum absolute atomic E-state index is 0.00452. The molecule has 13 heteroatoms. The lowest BCUT2D eigenvalue weighted by atomic mass is 10.1. The van der Waals surface area contributed by atoms with Gasteiger partial charge in [0.1, 0.15) is 13.2 Å². The van der Waals surface area contributed by atoms with Crippen molar-refractivity contribution in [1.29, 1.82) is 0 Å². The Morgan fingerprint density at radius 3 is 2.15 bits per heavy atom. The molecule has 5 aromatic rings. The molecule has 0 saturated heterocycles. The standard InChI is InChI=1S/C48H53N5O6S2/c1-29-16-32-12-8-10-14-40(32)52(29)46(54)36-21-42(56-5)44(23-38(36)49)58-26-30-17-31(19-34(18-30)51(4)28-48(2,3)61-60-7)27-59-45-24-39-37(22-43(45)57-6)47(55)53-35(25-50-39)20-33-13-9-11-15-41(33)53/h8-15,17-19,21-24,29,35,50H,16,20,25-28,49H2,1-7H3/t29?,35-/m0/s1. The first-order valence-corrected chi connectivity index (χ1v) is 23.0. The van der Waals surface area contributed by atoms with Crippen LogP contribution in [-0.4, -0.2) is 69.3 Å².